The molecule has 0 aliphatic carbocycles. The topological polar surface area (TPSA) is 95.6 Å². The third kappa shape index (κ3) is 6.12. The van der Waals surface area contributed by atoms with Crippen LogP contribution in [0.25, 0.3) is 0 Å². The van der Waals surface area contributed by atoms with Crippen LogP contribution in [0.4, 0.5) is 11.4 Å². The van der Waals surface area contributed by atoms with Gasteiger partial charge >= 0.3 is 0 Å². The van der Waals surface area contributed by atoms with E-state index in [1.165, 1.54) is 36.2 Å². The molecule has 0 saturated carbocycles. The fraction of sp³-hybridized carbons (Fsp3) is 0.167. The van der Waals surface area contributed by atoms with Crippen molar-refractivity contribution in [3.8, 4) is 0 Å². The summed E-state index contributed by atoms with van der Waals surface area (Å²) >= 11 is 6.03. The van der Waals surface area contributed by atoms with Crippen molar-refractivity contribution < 1.29 is 18.0 Å². The summed E-state index contributed by atoms with van der Waals surface area (Å²) in [5.41, 5.74) is 2.98. The van der Waals surface area contributed by atoms with Crippen LogP contribution in [0.15, 0.2) is 71.6 Å². The first-order valence-corrected chi connectivity index (χ1v) is 11.9. The Morgan fingerprint density at radius 2 is 1.61 bits per heavy atom. The van der Waals surface area contributed by atoms with Crippen LogP contribution >= 0.6 is 11.6 Å². The summed E-state index contributed by atoms with van der Waals surface area (Å²) in [6.45, 7) is 3.58. The van der Waals surface area contributed by atoms with Gasteiger partial charge in [-0.05, 0) is 73.5 Å². The highest BCUT2D eigenvalue weighted by Gasteiger charge is 2.18. The molecule has 0 aliphatic rings. The number of hydrogen-bond donors (Lipinski definition) is 2. The number of nitrogens with one attached hydrogen (secondary N) is 2. The molecule has 0 spiro atoms. The predicted octanol–water partition coefficient (Wildman–Crippen LogP) is 4.47. The minimum atomic E-state index is -3.76. The highest BCUT2D eigenvalue weighted by molar-refractivity contribution is 7.92. The zero-order valence-electron chi connectivity index (χ0n) is 18.4. The molecule has 0 unspecified atom stereocenters. The molecule has 0 atom stereocenters. The number of carbonyl (C=O) groups is 2. The number of sulfonamides is 1. The third-order valence-electron chi connectivity index (χ3n) is 5.05. The minimum absolute atomic E-state index is 0.162. The molecule has 0 bridgehead atoms. The van der Waals surface area contributed by atoms with Crippen LogP contribution in [0.3, 0.4) is 0 Å². The normalized spacial score (nSPS) is 11.0. The number of benzene rings is 3. The lowest BCUT2D eigenvalue weighted by Crippen LogP contribution is -2.35. The number of rotatable bonds is 7. The maximum Gasteiger partial charge on any atom is 0.261 e. The zero-order valence-corrected chi connectivity index (χ0v) is 20.0. The number of carbonyl (C=O) groups excluding carboxylic acids is 2. The van der Waals surface area contributed by atoms with E-state index < -0.39 is 15.9 Å². The molecule has 0 radical (unpaired) electrons. The van der Waals surface area contributed by atoms with Crippen molar-refractivity contribution in [3.05, 3.63) is 88.4 Å². The van der Waals surface area contributed by atoms with Crippen LogP contribution in [-0.4, -0.2) is 38.7 Å². The van der Waals surface area contributed by atoms with Gasteiger partial charge in [-0.15, -0.1) is 0 Å². The SMILES string of the molecule is Cc1ccc(S(=O)(=O)Nc2ccc(C(=O)N(C)CC(=O)Nc3ccccc3Cl)cc2)cc1C. The van der Waals surface area contributed by atoms with Gasteiger partial charge in [0.05, 0.1) is 22.2 Å². The molecule has 0 aliphatic heterocycles. The van der Waals surface area contributed by atoms with E-state index in [1.54, 1.807) is 42.5 Å². The first-order valence-electron chi connectivity index (χ1n) is 10.1. The van der Waals surface area contributed by atoms with Crippen molar-refractivity contribution in [2.24, 2.45) is 0 Å². The van der Waals surface area contributed by atoms with Crippen molar-refractivity contribution in [1.29, 1.82) is 0 Å². The van der Waals surface area contributed by atoms with Crippen LogP contribution in [0, 0.1) is 13.8 Å². The molecule has 3 rings (SSSR count). The number of nitrogens with zero attached hydrogens (tertiary/aromatic N) is 1. The molecule has 2 N–H and O–H groups in total. The quantitative estimate of drug-likeness (QED) is 0.516. The van der Waals surface area contributed by atoms with Gasteiger partial charge in [0.15, 0.2) is 0 Å². The van der Waals surface area contributed by atoms with Crippen LogP contribution in [0.5, 0.6) is 0 Å². The van der Waals surface area contributed by atoms with Gasteiger partial charge in [0, 0.05) is 18.3 Å². The van der Waals surface area contributed by atoms with Gasteiger partial charge < -0.3 is 10.2 Å². The second kappa shape index (κ2) is 10.1. The fourth-order valence-corrected chi connectivity index (χ4v) is 4.36. The Morgan fingerprint density at radius 3 is 2.24 bits per heavy atom. The summed E-state index contributed by atoms with van der Waals surface area (Å²) in [7, 11) is -2.26. The Bertz CT molecular complexity index is 1290. The van der Waals surface area contributed by atoms with E-state index in [4.69, 9.17) is 11.6 Å². The molecule has 33 heavy (non-hydrogen) atoms. The van der Waals surface area contributed by atoms with Crippen molar-refractivity contribution in [1.82, 2.24) is 4.90 Å². The molecule has 3 aromatic carbocycles. The number of hydrogen-bond acceptors (Lipinski definition) is 4. The average molecular weight is 486 g/mol. The largest absolute Gasteiger partial charge is 0.332 e. The van der Waals surface area contributed by atoms with Gasteiger partial charge in [-0.3, -0.25) is 14.3 Å². The molecular formula is C24H24ClN3O4S. The second-order valence-corrected chi connectivity index (χ2v) is 9.71. The molecule has 0 aromatic heterocycles. The molecule has 3 aromatic rings. The molecular weight excluding hydrogens is 462 g/mol. The summed E-state index contributed by atoms with van der Waals surface area (Å²) in [6, 6.07) is 17.7. The lowest BCUT2D eigenvalue weighted by Gasteiger charge is -2.17. The van der Waals surface area contributed by atoms with E-state index in [9.17, 15) is 18.0 Å². The number of aryl methyl sites for hydroxylation is 2. The van der Waals surface area contributed by atoms with Gasteiger partial charge in [0.2, 0.25) is 5.91 Å². The van der Waals surface area contributed by atoms with E-state index in [0.29, 0.717) is 22.0 Å². The van der Waals surface area contributed by atoms with Gasteiger partial charge in [-0.1, -0.05) is 29.8 Å². The average Bonchev–Trinajstić information content (AvgIpc) is 2.77. The van der Waals surface area contributed by atoms with Crippen molar-refractivity contribution in [2.75, 3.05) is 23.6 Å². The Kier molecular flexibility index (Phi) is 7.40. The van der Waals surface area contributed by atoms with E-state index in [1.807, 2.05) is 13.8 Å². The first-order chi connectivity index (χ1) is 15.6. The highest BCUT2D eigenvalue weighted by atomic mass is 35.5. The third-order valence-corrected chi connectivity index (χ3v) is 6.76. The van der Waals surface area contributed by atoms with Crippen LogP contribution in [-0.2, 0) is 14.8 Å². The summed E-state index contributed by atoms with van der Waals surface area (Å²) in [5.74, 6) is -0.774. The molecule has 7 nitrogen and oxygen atoms in total. The second-order valence-electron chi connectivity index (χ2n) is 7.62. The number of anilines is 2. The van der Waals surface area contributed by atoms with Crippen LogP contribution in [0.1, 0.15) is 21.5 Å². The predicted molar refractivity (Wildman–Crippen MR) is 130 cm³/mol. The standard InChI is InChI=1S/C24H24ClN3O4S/c1-16-8-13-20(14-17(16)2)33(31,32)27-19-11-9-18(10-12-19)24(30)28(3)15-23(29)26-22-7-5-4-6-21(22)25/h4-14,27H,15H2,1-3H3,(H,26,29). The van der Waals surface area contributed by atoms with Gasteiger partial charge in [0.1, 0.15) is 0 Å². The summed E-state index contributed by atoms with van der Waals surface area (Å²) in [5, 5.41) is 3.07. The molecule has 0 heterocycles. The van der Waals surface area contributed by atoms with E-state index in [-0.39, 0.29) is 17.3 Å². The van der Waals surface area contributed by atoms with Crippen LogP contribution in [0.2, 0.25) is 5.02 Å². The van der Waals surface area contributed by atoms with E-state index in [2.05, 4.69) is 10.0 Å². The van der Waals surface area contributed by atoms with Gasteiger partial charge in [0.25, 0.3) is 15.9 Å². The monoisotopic (exact) mass is 485 g/mol. The summed E-state index contributed by atoms with van der Waals surface area (Å²) in [4.78, 5) is 26.4. The number of likely N-dealkylation sites (N-methyl/N-ethyl adjacent to an activating group) is 1. The van der Waals surface area contributed by atoms with Gasteiger partial charge in [-0.2, -0.15) is 0 Å². The Hall–Kier alpha value is -3.36. The molecule has 9 heteroatoms. The molecule has 0 fully saturated rings. The van der Waals surface area contributed by atoms with Crippen molar-refractivity contribution in [2.45, 2.75) is 18.7 Å². The zero-order chi connectivity index (χ0) is 24.2. The Labute approximate surface area is 198 Å². The fourth-order valence-electron chi connectivity index (χ4n) is 3.04. The van der Waals surface area contributed by atoms with Crippen molar-refractivity contribution in [3.63, 3.8) is 0 Å². The maximum absolute atomic E-state index is 12.7. The van der Waals surface area contributed by atoms with Crippen molar-refractivity contribution >= 4 is 44.8 Å². The highest BCUT2D eigenvalue weighted by Crippen LogP contribution is 2.21. The minimum Gasteiger partial charge on any atom is -0.332 e. The summed E-state index contributed by atoms with van der Waals surface area (Å²) in [6.07, 6.45) is 0. The number of amides is 2. The van der Waals surface area contributed by atoms with Gasteiger partial charge in [-0.25, -0.2) is 8.42 Å². The first kappa shape index (κ1) is 24.3. The Morgan fingerprint density at radius 1 is 0.939 bits per heavy atom. The summed E-state index contributed by atoms with van der Waals surface area (Å²) < 4.78 is 27.8. The number of halogens is 1. The molecule has 2 amide bonds. The Balaban J connectivity index is 1.63. The maximum atomic E-state index is 12.7. The number of para-hydroxylation sites is 1. The molecule has 172 valence electrons. The lowest BCUT2D eigenvalue weighted by molar-refractivity contribution is -0.116. The van der Waals surface area contributed by atoms with Crippen LogP contribution < -0.4 is 10.0 Å². The smallest absolute Gasteiger partial charge is 0.261 e. The van der Waals surface area contributed by atoms with E-state index in [0.717, 1.165) is 11.1 Å². The van der Waals surface area contributed by atoms with E-state index >= 15 is 0 Å². The lowest BCUT2D eigenvalue weighted by atomic mass is 10.1. The molecule has 0 saturated heterocycles.